The third-order valence-corrected chi connectivity index (χ3v) is 6.91. The van der Waals surface area contributed by atoms with Crippen molar-refractivity contribution in [1.29, 1.82) is 0 Å². The van der Waals surface area contributed by atoms with Crippen LogP contribution in [0.5, 0.6) is 11.5 Å². The first-order valence-corrected chi connectivity index (χ1v) is 13.3. The fourth-order valence-electron chi connectivity index (χ4n) is 4.81. The molecule has 1 amide bonds. The monoisotopic (exact) mass is 527 g/mol. The molecule has 0 spiro atoms. The van der Waals surface area contributed by atoms with Crippen LogP contribution in [0.4, 0.5) is 0 Å². The molecule has 3 aromatic rings. The normalized spacial score (nSPS) is 17.1. The van der Waals surface area contributed by atoms with Gasteiger partial charge in [-0.1, -0.05) is 69.3 Å². The number of ketones is 1. The number of nitrogens with zero attached hydrogens (tertiary/aromatic N) is 1. The summed E-state index contributed by atoms with van der Waals surface area (Å²) in [5, 5.41) is 11.5. The van der Waals surface area contributed by atoms with Crippen molar-refractivity contribution in [3.8, 4) is 11.5 Å². The Kier molecular flexibility index (Phi) is 8.14. The highest BCUT2D eigenvalue weighted by Crippen LogP contribution is 2.40. The molecule has 6 nitrogen and oxygen atoms in total. The first-order chi connectivity index (χ1) is 18.5. The lowest BCUT2D eigenvalue weighted by atomic mass is 9.85. The number of benzene rings is 3. The van der Waals surface area contributed by atoms with Gasteiger partial charge in [-0.3, -0.25) is 9.59 Å². The van der Waals surface area contributed by atoms with Crippen LogP contribution in [0, 0.1) is 0 Å². The van der Waals surface area contributed by atoms with Crippen LogP contribution in [-0.4, -0.2) is 41.5 Å². The number of rotatable bonds is 8. The molecule has 0 saturated carbocycles. The Labute approximate surface area is 230 Å². The summed E-state index contributed by atoms with van der Waals surface area (Å²) in [6.45, 7) is 10.6. The van der Waals surface area contributed by atoms with Crippen LogP contribution < -0.4 is 9.47 Å². The summed E-state index contributed by atoms with van der Waals surface area (Å²) in [4.78, 5) is 28.4. The van der Waals surface area contributed by atoms with Crippen LogP contribution in [0.1, 0.15) is 62.9 Å². The van der Waals surface area contributed by atoms with Crippen LogP contribution in [0.2, 0.25) is 0 Å². The maximum absolute atomic E-state index is 13.4. The number of amides is 1. The zero-order valence-electron chi connectivity index (χ0n) is 23.5. The number of aliphatic hydroxyl groups is 1. The van der Waals surface area contributed by atoms with E-state index < -0.39 is 17.7 Å². The Morgan fingerprint density at radius 3 is 2.21 bits per heavy atom. The summed E-state index contributed by atoms with van der Waals surface area (Å²) in [5.74, 6) is -0.193. The number of carbonyl (C=O) groups excluding carboxylic acids is 2. The van der Waals surface area contributed by atoms with E-state index in [1.54, 1.807) is 36.3 Å². The highest BCUT2D eigenvalue weighted by atomic mass is 16.5. The Morgan fingerprint density at radius 1 is 0.949 bits per heavy atom. The maximum atomic E-state index is 13.4. The topological polar surface area (TPSA) is 76.1 Å². The molecule has 1 N–H and O–H groups in total. The predicted octanol–water partition coefficient (Wildman–Crippen LogP) is 6.44. The van der Waals surface area contributed by atoms with E-state index in [1.165, 1.54) is 0 Å². The molecular weight excluding hydrogens is 490 g/mol. The number of carbonyl (C=O) groups is 2. The van der Waals surface area contributed by atoms with Gasteiger partial charge in [-0.2, -0.15) is 0 Å². The second-order valence-corrected chi connectivity index (χ2v) is 11.2. The van der Waals surface area contributed by atoms with Crippen molar-refractivity contribution in [2.75, 3.05) is 13.7 Å². The molecule has 1 unspecified atom stereocenters. The third-order valence-electron chi connectivity index (χ3n) is 6.91. The van der Waals surface area contributed by atoms with Gasteiger partial charge in [-0.15, -0.1) is 0 Å². The van der Waals surface area contributed by atoms with Crippen LogP contribution in [-0.2, 0) is 21.4 Å². The van der Waals surface area contributed by atoms with E-state index in [-0.39, 0.29) is 22.9 Å². The molecule has 39 heavy (non-hydrogen) atoms. The highest BCUT2D eigenvalue weighted by Gasteiger charge is 2.46. The van der Waals surface area contributed by atoms with E-state index in [1.807, 2.05) is 62.4 Å². The van der Waals surface area contributed by atoms with Crippen LogP contribution in [0.15, 0.2) is 78.4 Å². The number of methoxy groups -OCH3 is 1. The lowest BCUT2D eigenvalue weighted by Gasteiger charge is -2.26. The van der Waals surface area contributed by atoms with Crippen molar-refractivity contribution >= 4 is 17.4 Å². The number of aliphatic hydroxyl groups excluding tert-OH is 1. The summed E-state index contributed by atoms with van der Waals surface area (Å²) in [6.07, 6.45) is 0.498. The summed E-state index contributed by atoms with van der Waals surface area (Å²) < 4.78 is 11.0. The molecule has 0 bridgehead atoms. The Hall–Kier alpha value is -4.06. The highest BCUT2D eigenvalue weighted by molar-refractivity contribution is 6.46. The van der Waals surface area contributed by atoms with Gasteiger partial charge in [0.2, 0.25) is 0 Å². The Bertz CT molecular complexity index is 1360. The zero-order chi connectivity index (χ0) is 28.3. The van der Waals surface area contributed by atoms with E-state index in [0.717, 1.165) is 22.4 Å². The summed E-state index contributed by atoms with van der Waals surface area (Å²) >= 11 is 0. The number of likely N-dealkylation sites (tertiary alicyclic amines) is 1. The fourth-order valence-corrected chi connectivity index (χ4v) is 4.81. The molecule has 3 aromatic carbocycles. The number of hydrogen-bond acceptors (Lipinski definition) is 5. The molecule has 1 fully saturated rings. The minimum atomic E-state index is -0.716. The molecule has 1 saturated heterocycles. The second-order valence-electron chi connectivity index (χ2n) is 11.2. The van der Waals surface area contributed by atoms with E-state index in [4.69, 9.17) is 9.47 Å². The largest absolute Gasteiger partial charge is 0.507 e. The van der Waals surface area contributed by atoms with Crippen molar-refractivity contribution in [2.45, 2.75) is 58.6 Å². The average Bonchev–Trinajstić information content (AvgIpc) is 3.16. The van der Waals surface area contributed by atoms with E-state index >= 15 is 0 Å². The molecule has 1 aliphatic heterocycles. The summed E-state index contributed by atoms with van der Waals surface area (Å²) in [5.41, 5.74) is 3.38. The fraction of sp³-hybridized carbons (Fsp3) is 0.333. The Balaban J connectivity index is 1.76. The predicted molar refractivity (Wildman–Crippen MR) is 153 cm³/mol. The molecule has 6 heteroatoms. The minimum Gasteiger partial charge on any atom is -0.507 e. The molecule has 4 rings (SSSR count). The van der Waals surface area contributed by atoms with Crippen molar-refractivity contribution in [3.63, 3.8) is 0 Å². The Morgan fingerprint density at radius 2 is 1.62 bits per heavy atom. The standard InChI is InChI=1S/C33H37NO5/c1-21(2)39-27-9-7-8-24(20-27)30(35)28-29(23-12-14-25(15-13-23)33(3,4)5)34(32(37)31(28)36)19-18-22-10-16-26(38-6)17-11-22/h7-17,20-21,29,35H,18-19H2,1-6H3/b30-28-. The third kappa shape index (κ3) is 6.17. The van der Waals surface area contributed by atoms with Gasteiger partial charge < -0.3 is 19.5 Å². The number of ether oxygens (including phenoxy) is 2. The molecule has 1 heterocycles. The summed E-state index contributed by atoms with van der Waals surface area (Å²) in [6, 6.07) is 21.8. The lowest BCUT2D eigenvalue weighted by molar-refractivity contribution is -0.139. The molecule has 204 valence electrons. The average molecular weight is 528 g/mol. The quantitative estimate of drug-likeness (QED) is 0.207. The van der Waals surface area contributed by atoms with Gasteiger partial charge in [0, 0.05) is 12.1 Å². The maximum Gasteiger partial charge on any atom is 0.295 e. The van der Waals surface area contributed by atoms with Crippen LogP contribution >= 0.6 is 0 Å². The zero-order valence-corrected chi connectivity index (χ0v) is 23.5. The molecule has 1 aliphatic rings. The van der Waals surface area contributed by atoms with Gasteiger partial charge in [-0.05, 0) is 66.6 Å². The van der Waals surface area contributed by atoms with Gasteiger partial charge in [0.15, 0.2) is 0 Å². The molecule has 1 atom stereocenters. The van der Waals surface area contributed by atoms with Crippen LogP contribution in [0.25, 0.3) is 5.76 Å². The number of hydrogen-bond donors (Lipinski definition) is 1. The number of Topliss-reactive ketones (excluding diaryl/α,β-unsaturated/α-hetero) is 1. The van der Waals surface area contributed by atoms with Crippen molar-refractivity contribution < 1.29 is 24.2 Å². The van der Waals surface area contributed by atoms with Gasteiger partial charge in [0.1, 0.15) is 17.3 Å². The molecular formula is C33H37NO5. The van der Waals surface area contributed by atoms with Crippen LogP contribution in [0.3, 0.4) is 0 Å². The van der Waals surface area contributed by atoms with Crippen molar-refractivity contribution in [3.05, 3.63) is 101 Å². The molecule has 0 aliphatic carbocycles. The van der Waals surface area contributed by atoms with Gasteiger partial charge in [0.05, 0.1) is 24.8 Å². The van der Waals surface area contributed by atoms with E-state index in [9.17, 15) is 14.7 Å². The molecule has 0 radical (unpaired) electrons. The van der Waals surface area contributed by atoms with Gasteiger partial charge in [-0.25, -0.2) is 0 Å². The smallest absolute Gasteiger partial charge is 0.295 e. The SMILES string of the molecule is COc1ccc(CCN2C(=O)C(=O)/C(=C(\O)c3cccc(OC(C)C)c3)C2c2ccc(C(C)(C)C)cc2)cc1. The first-order valence-electron chi connectivity index (χ1n) is 13.3. The van der Waals surface area contributed by atoms with E-state index in [2.05, 4.69) is 20.8 Å². The lowest BCUT2D eigenvalue weighted by Crippen LogP contribution is -2.31. The van der Waals surface area contributed by atoms with Crippen molar-refractivity contribution in [1.82, 2.24) is 4.90 Å². The summed E-state index contributed by atoms with van der Waals surface area (Å²) in [7, 11) is 1.62. The van der Waals surface area contributed by atoms with Gasteiger partial charge >= 0.3 is 0 Å². The van der Waals surface area contributed by atoms with Gasteiger partial charge in [0.25, 0.3) is 11.7 Å². The molecule has 0 aromatic heterocycles. The second kappa shape index (κ2) is 11.4. The van der Waals surface area contributed by atoms with E-state index in [0.29, 0.717) is 24.3 Å². The minimum absolute atomic E-state index is 0.0488. The van der Waals surface area contributed by atoms with Crippen molar-refractivity contribution in [2.24, 2.45) is 0 Å². The first kappa shape index (κ1) is 28.0.